The van der Waals surface area contributed by atoms with Crippen molar-refractivity contribution < 1.29 is 10.2 Å². The largest absolute Gasteiger partial charge is 0.505 e. The Hall–Kier alpha value is -1.82. The second kappa shape index (κ2) is 5.18. The van der Waals surface area contributed by atoms with Crippen molar-refractivity contribution >= 4 is 46.4 Å². The van der Waals surface area contributed by atoms with E-state index in [4.69, 9.17) is 34.8 Å². The highest BCUT2D eigenvalue weighted by molar-refractivity contribution is 6.46. The first-order chi connectivity index (χ1) is 9.99. The Balaban J connectivity index is 2.21. The van der Waals surface area contributed by atoms with Gasteiger partial charge in [-0.15, -0.1) is 0 Å². The standard InChI is InChI=1S/C13H6Cl3N3O2/c14-7-8(15)12(21)10(9(16)11(7)20)19-13-17-5-3-1-2-4-6(5)18-13/h1-4,20-21H. The van der Waals surface area contributed by atoms with E-state index in [1.54, 1.807) is 12.1 Å². The van der Waals surface area contributed by atoms with Gasteiger partial charge in [-0.05, 0) is 12.1 Å². The molecular weight excluding hydrogens is 337 g/mol. The molecule has 3 rings (SSSR count). The second-order valence-corrected chi connectivity index (χ2v) is 5.25. The summed E-state index contributed by atoms with van der Waals surface area (Å²) in [6.07, 6.45) is 0. The van der Waals surface area contributed by atoms with Crippen LogP contribution in [0.4, 0.5) is 5.69 Å². The van der Waals surface area contributed by atoms with Gasteiger partial charge in [0.25, 0.3) is 5.96 Å². The third-order valence-corrected chi connectivity index (χ3v) is 3.97. The van der Waals surface area contributed by atoms with Crippen LogP contribution in [0.25, 0.3) is 0 Å². The zero-order chi connectivity index (χ0) is 15.1. The number of aromatic hydroxyl groups is 2. The van der Waals surface area contributed by atoms with Crippen molar-refractivity contribution in [2.75, 3.05) is 0 Å². The van der Waals surface area contributed by atoms with Gasteiger partial charge in [-0.25, -0.2) is 15.0 Å². The van der Waals surface area contributed by atoms with E-state index in [1.165, 1.54) is 0 Å². The van der Waals surface area contributed by atoms with Crippen molar-refractivity contribution in [2.24, 2.45) is 15.0 Å². The van der Waals surface area contributed by atoms with Crippen molar-refractivity contribution in [1.82, 2.24) is 0 Å². The van der Waals surface area contributed by atoms with Gasteiger partial charge < -0.3 is 10.2 Å². The summed E-state index contributed by atoms with van der Waals surface area (Å²) in [5.41, 5.74) is -0.140. The second-order valence-electron chi connectivity index (χ2n) is 4.11. The van der Waals surface area contributed by atoms with Crippen LogP contribution in [0.15, 0.2) is 39.2 Å². The summed E-state index contributed by atoms with van der Waals surface area (Å²) in [5.74, 6) is -0.819. The summed E-state index contributed by atoms with van der Waals surface area (Å²) in [5, 5.41) is 20.3. The SMILES string of the molecule is Oc1c(Cl)c(Cl)c(O)c(N=C2N=c3ccccc3=N2)c1Cl. The fourth-order valence-corrected chi connectivity index (χ4v) is 2.41. The fraction of sp³-hybridized carbons (Fsp3) is 0. The highest BCUT2D eigenvalue weighted by Crippen LogP contribution is 2.50. The molecule has 1 heterocycles. The third kappa shape index (κ3) is 2.33. The number of fused-ring (bicyclic) bond motifs is 1. The smallest absolute Gasteiger partial charge is 0.251 e. The molecule has 106 valence electrons. The predicted molar refractivity (Wildman–Crippen MR) is 80.7 cm³/mol. The quantitative estimate of drug-likeness (QED) is 0.617. The number of nitrogens with zero attached hydrogens (tertiary/aromatic N) is 3. The van der Waals surface area contributed by atoms with E-state index in [0.29, 0.717) is 10.7 Å². The third-order valence-electron chi connectivity index (χ3n) is 2.78. The van der Waals surface area contributed by atoms with Gasteiger partial charge in [0.15, 0.2) is 11.5 Å². The Labute approximate surface area is 133 Å². The zero-order valence-corrected chi connectivity index (χ0v) is 12.4. The normalized spacial score (nSPS) is 12.6. The molecule has 21 heavy (non-hydrogen) atoms. The number of benzene rings is 2. The summed E-state index contributed by atoms with van der Waals surface area (Å²) in [6, 6.07) is 7.18. The van der Waals surface area contributed by atoms with Gasteiger partial charge in [0.2, 0.25) is 0 Å². The number of phenols is 2. The van der Waals surface area contributed by atoms with Crippen molar-refractivity contribution in [3.05, 3.63) is 50.0 Å². The highest BCUT2D eigenvalue weighted by atomic mass is 35.5. The molecular formula is C13H6Cl3N3O2. The first-order valence-electron chi connectivity index (χ1n) is 5.68. The lowest BCUT2D eigenvalue weighted by Crippen LogP contribution is -2.19. The minimum atomic E-state index is -0.462. The van der Waals surface area contributed by atoms with Crippen LogP contribution in [0.3, 0.4) is 0 Å². The van der Waals surface area contributed by atoms with Crippen LogP contribution < -0.4 is 10.7 Å². The number of guanidine groups is 1. The zero-order valence-electron chi connectivity index (χ0n) is 10.2. The summed E-state index contributed by atoms with van der Waals surface area (Å²) in [4.78, 5) is 12.4. The average molecular weight is 343 g/mol. The topological polar surface area (TPSA) is 77.5 Å². The molecule has 1 aliphatic rings. The number of para-hydroxylation sites is 2. The van der Waals surface area contributed by atoms with Crippen LogP contribution in [-0.2, 0) is 0 Å². The van der Waals surface area contributed by atoms with Gasteiger partial charge in [0, 0.05) is 0 Å². The number of halogens is 3. The number of hydrogen-bond acceptors (Lipinski definition) is 3. The summed E-state index contributed by atoms with van der Waals surface area (Å²) in [6.45, 7) is 0. The maximum absolute atomic E-state index is 9.96. The Kier molecular flexibility index (Phi) is 3.49. The number of phenolic OH excluding ortho intramolecular Hbond substituents is 2. The molecule has 1 aliphatic heterocycles. The van der Waals surface area contributed by atoms with Crippen LogP contribution in [0.5, 0.6) is 11.5 Å². The van der Waals surface area contributed by atoms with Gasteiger partial charge in [-0.2, -0.15) is 0 Å². The lowest BCUT2D eigenvalue weighted by atomic mass is 10.2. The van der Waals surface area contributed by atoms with Gasteiger partial charge >= 0.3 is 0 Å². The molecule has 0 atom stereocenters. The summed E-state index contributed by atoms with van der Waals surface area (Å²) in [7, 11) is 0. The minimum absolute atomic E-state index is 0.0891. The molecule has 2 N–H and O–H groups in total. The molecule has 0 spiro atoms. The van der Waals surface area contributed by atoms with E-state index in [1.807, 2.05) is 12.1 Å². The number of aliphatic imine (C=N–C) groups is 1. The van der Waals surface area contributed by atoms with Crippen molar-refractivity contribution in [2.45, 2.75) is 0 Å². The molecule has 0 unspecified atom stereocenters. The molecule has 0 aliphatic carbocycles. The maximum Gasteiger partial charge on any atom is 0.251 e. The maximum atomic E-state index is 9.96. The van der Waals surface area contributed by atoms with E-state index >= 15 is 0 Å². The molecule has 2 aromatic rings. The minimum Gasteiger partial charge on any atom is -0.505 e. The Morgan fingerprint density at radius 3 is 1.90 bits per heavy atom. The monoisotopic (exact) mass is 341 g/mol. The van der Waals surface area contributed by atoms with E-state index in [9.17, 15) is 10.2 Å². The molecule has 0 saturated carbocycles. The van der Waals surface area contributed by atoms with Crippen LogP contribution in [0, 0.1) is 0 Å². The van der Waals surface area contributed by atoms with E-state index < -0.39 is 11.5 Å². The molecule has 2 aromatic carbocycles. The molecule has 0 radical (unpaired) electrons. The van der Waals surface area contributed by atoms with Crippen LogP contribution in [0.2, 0.25) is 15.1 Å². The predicted octanol–water partition coefficient (Wildman–Crippen LogP) is 3.00. The Morgan fingerprint density at radius 2 is 1.33 bits per heavy atom. The lowest BCUT2D eigenvalue weighted by Gasteiger charge is -2.08. The molecule has 8 heteroatoms. The highest BCUT2D eigenvalue weighted by Gasteiger charge is 2.21. The van der Waals surface area contributed by atoms with Crippen molar-refractivity contribution in [3.63, 3.8) is 0 Å². The molecule has 0 bridgehead atoms. The van der Waals surface area contributed by atoms with Gasteiger partial charge in [0.05, 0.1) is 10.7 Å². The lowest BCUT2D eigenvalue weighted by molar-refractivity contribution is 0.462. The first kappa shape index (κ1) is 14.1. The fourth-order valence-electron chi connectivity index (χ4n) is 1.77. The van der Waals surface area contributed by atoms with Gasteiger partial charge in [-0.3, -0.25) is 0 Å². The van der Waals surface area contributed by atoms with E-state index in [-0.39, 0.29) is 26.7 Å². The number of rotatable bonds is 1. The van der Waals surface area contributed by atoms with Gasteiger partial charge in [0.1, 0.15) is 20.8 Å². The average Bonchev–Trinajstić information content (AvgIpc) is 2.90. The van der Waals surface area contributed by atoms with Crippen LogP contribution >= 0.6 is 34.8 Å². The molecule has 0 aromatic heterocycles. The number of hydrogen-bond donors (Lipinski definition) is 2. The van der Waals surface area contributed by atoms with Crippen LogP contribution in [0.1, 0.15) is 0 Å². The van der Waals surface area contributed by atoms with Crippen molar-refractivity contribution in [1.29, 1.82) is 0 Å². The Morgan fingerprint density at radius 1 is 0.810 bits per heavy atom. The molecule has 0 fully saturated rings. The van der Waals surface area contributed by atoms with Gasteiger partial charge in [-0.1, -0.05) is 46.9 Å². The summed E-state index contributed by atoms with van der Waals surface area (Å²) < 4.78 is 0. The van der Waals surface area contributed by atoms with Crippen LogP contribution in [-0.4, -0.2) is 16.2 Å². The van der Waals surface area contributed by atoms with E-state index in [2.05, 4.69) is 15.0 Å². The van der Waals surface area contributed by atoms with Crippen molar-refractivity contribution in [3.8, 4) is 11.5 Å². The summed E-state index contributed by atoms with van der Waals surface area (Å²) >= 11 is 17.5. The first-order valence-corrected chi connectivity index (χ1v) is 6.82. The Bertz CT molecular complexity index is 844. The van der Waals surface area contributed by atoms with E-state index in [0.717, 1.165) is 0 Å². The molecule has 5 nitrogen and oxygen atoms in total. The molecule has 0 saturated heterocycles. The molecule has 0 amide bonds.